The highest BCUT2D eigenvalue weighted by atomic mass is 16.6. The van der Waals surface area contributed by atoms with Crippen LogP contribution in [0.4, 0.5) is 0 Å². The lowest BCUT2D eigenvalue weighted by Crippen LogP contribution is -2.16. The standard InChI is InChI=1S/C12H16O7/c1-2-5-17-6-7-18-8-9-19-11(14)4-3-10(13)12(15)16/h1H,3-9H2,(H,15,16). The Hall–Kier alpha value is -1.91. The number of ether oxygens (including phenoxy) is 3. The van der Waals surface area contributed by atoms with E-state index in [4.69, 9.17) is 25.7 Å². The van der Waals surface area contributed by atoms with E-state index in [1.165, 1.54) is 0 Å². The summed E-state index contributed by atoms with van der Waals surface area (Å²) in [5, 5.41) is 8.28. The maximum atomic E-state index is 11.1. The second-order valence-electron chi connectivity index (χ2n) is 3.32. The Morgan fingerprint density at radius 2 is 1.63 bits per heavy atom. The molecule has 0 atom stereocenters. The van der Waals surface area contributed by atoms with E-state index in [1.54, 1.807) is 0 Å². The minimum atomic E-state index is -1.55. The third-order valence-corrected chi connectivity index (χ3v) is 1.84. The lowest BCUT2D eigenvalue weighted by Gasteiger charge is -2.05. The van der Waals surface area contributed by atoms with E-state index in [9.17, 15) is 14.4 Å². The Labute approximate surface area is 110 Å². The number of ketones is 1. The number of carbonyl (C=O) groups excluding carboxylic acids is 2. The van der Waals surface area contributed by atoms with Crippen LogP contribution in [0.3, 0.4) is 0 Å². The zero-order valence-electron chi connectivity index (χ0n) is 10.4. The van der Waals surface area contributed by atoms with Crippen molar-refractivity contribution in [3.8, 4) is 12.3 Å². The Morgan fingerprint density at radius 3 is 2.26 bits per heavy atom. The average Bonchev–Trinajstić information content (AvgIpc) is 2.38. The smallest absolute Gasteiger partial charge is 0.372 e. The van der Waals surface area contributed by atoms with Gasteiger partial charge in [0.1, 0.15) is 13.2 Å². The Kier molecular flexibility index (Phi) is 10.1. The zero-order chi connectivity index (χ0) is 14.5. The first-order chi connectivity index (χ1) is 9.07. The molecule has 19 heavy (non-hydrogen) atoms. The second-order valence-corrected chi connectivity index (χ2v) is 3.32. The number of hydrogen-bond donors (Lipinski definition) is 1. The molecule has 0 aliphatic carbocycles. The van der Waals surface area contributed by atoms with Gasteiger partial charge in [-0.05, 0) is 0 Å². The molecule has 7 heteroatoms. The molecule has 0 spiro atoms. The molecule has 7 nitrogen and oxygen atoms in total. The van der Waals surface area contributed by atoms with E-state index in [-0.39, 0.29) is 32.7 Å². The van der Waals surface area contributed by atoms with Gasteiger partial charge in [0.25, 0.3) is 0 Å². The molecule has 0 unspecified atom stereocenters. The number of terminal acetylenes is 1. The van der Waals surface area contributed by atoms with Gasteiger partial charge in [-0.25, -0.2) is 4.79 Å². The van der Waals surface area contributed by atoms with E-state index in [2.05, 4.69) is 5.92 Å². The van der Waals surface area contributed by atoms with E-state index >= 15 is 0 Å². The molecule has 0 radical (unpaired) electrons. The van der Waals surface area contributed by atoms with Crippen LogP contribution in [0.1, 0.15) is 12.8 Å². The first-order valence-corrected chi connectivity index (χ1v) is 5.58. The van der Waals surface area contributed by atoms with Gasteiger partial charge >= 0.3 is 11.9 Å². The summed E-state index contributed by atoms with van der Waals surface area (Å²) in [5.41, 5.74) is 0. The molecular formula is C12H16O7. The quantitative estimate of drug-likeness (QED) is 0.237. The van der Waals surface area contributed by atoms with Crippen molar-refractivity contribution in [1.29, 1.82) is 0 Å². The van der Waals surface area contributed by atoms with Crippen molar-refractivity contribution in [2.24, 2.45) is 0 Å². The molecule has 0 aromatic carbocycles. The van der Waals surface area contributed by atoms with E-state index in [0.717, 1.165) is 0 Å². The van der Waals surface area contributed by atoms with Crippen molar-refractivity contribution in [1.82, 2.24) is 0 Å². The van der Waals surface area contributed by atoms with Crippen molar-refractivity contribution in [2.75, 3.05) is 33.0 Å². The highest BCUT2D eigenvalue weighted by molar-refractivity contribution is 6.32. The third-order valence-electron chi connectivity index (χ3n) is 1.84. The number of hydrogen-bond acceptors (Lipinski definition) is 6. The maximum Gasteiger partial charge on any atom is 0.372 e. The summed E-state index contributed by atoms with van der Waals surface area (Å²) >= 11 is 0. The molecule has 0 rings (SSSR count). The fraction of sp³-hybridized carbons (Fsp3) is 0.583. The third kappa shape index (κ3) is 10.9. The van der Waals surface area contributed by atoms with Gasteiger partial charge in [-0.1, -0.05) is 5.92 Å². The molecule has 0 heterocycles. The van der Waals surface area contributed by atoms with Gasteiger partial charge in [0, 0.05) is 6.42 Å². The zero-order valence-corrected chi connectivity index (χ0v) is 10.4. The SMILES string of the molecule is C#CCOCCOCCOC(=O)CCC(=O)C(=O)O. The number of aliphatic carboxylic acids is 1. The summed E-state index contributed by atoms with van der Waals surface area (Å²) in [7, 11) is 0. The van der Waals surface area contributed by atoms with Crippen LogP contribution in [-0.2, 0) is 28.6 Å². The highest BCUT2D eigenvalue weighted by Crippen LogP contribution is 1.95. The van der Waals surface area contributed by atoms with E-state index < -0.39 is 17.7 Å². The average molecular weight is 272 g/mol. The van der Waals surface area contributed by atoms with Gasteiger partial charge in [0.2, 0.25) is 5.78 Å². The van der Waals surface area contributed by atoms with Gasteiger partial charge in [-0.15, -0.1) is 6.42 Å². The van der Waals surface area contributed by atoms with Gasteiger partial charge in [-0.3, -0.25) is 9.59 Å². The fourth-order valence-corrected chi connectivity index (χ4v) is 0.960. The number of carboxylic acid groups (broad SMARTS) is 1. The molecule has 106 valence electrons. The van der Waals surface area contributed by atoms with Crippen molar-refractivity contribution < 1.29 is 33.7 Å². The van der Waals surface area contributed by atoms with Crippen molar-refractivity contribution in [3.05, 3.63) is 0 Å². The van der Waals surface area contributed by atoms with Crippen LogP contribution >= 0.6 is 0 Å². The van der Waals surface area contributed by atoms with Gasteiger partial charge in [0.15, 0.2) is 0 Å². The topological polar surface area (TPSA) is 99.1 Å². The van der Waals surface area contributed by atoms with E-state index in [0.29, 0.717) is 13.2 Å². The van der Waals surface area contributed by atoms with Crippen LogP contribution in [-0.4, -0.2) is 55.9 Å². The Bertz CT molecular complexity index is 342. The number of carboxylic acids is 1. The first kappa shape index (κ1) is 17.1. The molecule has 0 amide bonds. The number of carbonyl (C=O) groups is 3. The lowest BCUT2D eigenvalue weighted by atomic mass is 10.2. The Balaban J connectivity index is 3.37. The van der Waals surface area contributed by atoms with Crippen molar-refractivity contribution >= 4 is 17.7 Å². The van der Waals surface area contributed by atoms with Crippen LogP contribution in [0, 0.1) is 12.3 Å². The molecule has 0 aliphatic rings. The number of rotatable bonds is 11. The van der Waals surface area contributed by atoms with Crippen LogP contribution in [0.15, 0.2) is 0 Å². The van der Waals surface area contributed by atoms with Crippen LogP contribution in [0.5, 0.6) is 0 Å². The van der Waals surface area contributed by atoms with Gasteiger partial charge in [0.05, 0.1) is 26.2 Å². The minimum Gasteiger partial charge on any atom is -0.476 e. The summed E-state index contributed by atoms with van der Waals surface area (Å²) in [6, 6.07) is 0. The summed E-state index contributed by atoms with van der Waals surface area (Å²) in [6.07, 6.45) is 4.34. The van der Waals surface area contributed by atoms with Crippen LogP contribution in [0.2, 0.25) is 0 Å². The second kappa shape index (κ2) is 11.2. The summed E-state index contributed by atoms with van der Waals surface area (Å²) in [6.45, 7) is 1.13. The maximum absolute atomic E-state index is 11.1. The molecular weight excluding hydrogens is 256 g/mol. The highest BCUT2D eigenvalue weighted by Gasteiger charge is 2.13. The largest absolute Gasteiger partial charge is 0.476 e. The predicted molar refractivity (Wildman–Crippen MR) is 63.3 cm³/mol. The normalized spacial score (nSPS) is 9.63. The predicted octanol–water partition coefficient (Wildman–Crippen LogP) is -0.370. The molecule has 0 aliphatic heterocycles. The van der Waals surface area contributed by atoms with Crippen LogP contribution < -0.4 is 0 Å². The van der Waals surface area contributed by atoms with E-state index in [1.807, 2.05) is 0 Å². The molecule has 0 saturated carbocycles. The minimum absolute atomic E-state index is 0.0369. The van der Waals surface area contributed by atoms with Gasteiger partial charge in [-0.2, -0.15) is 0 Å². The van der Waals surface area contributed by atoms with Crippen molar-refractivity contribution in [2.45, 2.75) is 12.8 Å². The molecule has 0 bridgehead atoms. The van der Waals surface area contributed by atoms with Gasteiger partial charge < -0.3 is 19.3 Å². The summed E-state index contributed by atoms with van der Waals surface area (Å²) in [4.78, 5) is 31.9. The monoisotopic (exact) mass is 272 g/mol. The number of esters is 1. The van der Waals surface area contributed by atoms with Crippen LogP contribution in [0.25, 0.3) is 0 Å². The summed E-state index contributed by atoms with van der Waals surface area (Å²) in [5.74, 6) is -0.906. The lowest BCUT2D eigenvalue weighted by molar-refractivity contribution is -0.151. The molecule has 0 aromatic rings. The van der Waals surface area contributed by atoms with Crippen molar-refractivity contribution in [3.63, 3.8) is 0 Å². The first-order valence-electron chi connectivity index (χ1n) is 5.58. The molecule has 0 aromatic heterocycles. The number of Topliss-reactive ketones (excluding diaryl/α,β-unsaturated/α-hetero) is 1. The molecule has 0 fully saturated rings. The summed E-state index contributed by atoms with van der Waals surface area (Å²) < 4.78 is 14.7. The molecule has 1 N–H and O–H groups in total. The fourth-order valence-electron chi connectivity index (χ4n) is 0.960. The Morgan fingerprint density at radius 1 is 1.00 bits per heavy atom. The molecule has 0 saturated heterocycles.